The highest BCUT2D eigenvalue weighted by Crippen LogP contribution is 2.46. The van der Waals surface area contributed by atoms with Crippen LogP contribution in [0.2, 0.25) is 0 Å². The van der Waals surface area contributed by atoms with E-state index in [0.29, 0.717) is 5.89 Å². The van der Waals surface area contributed by atoms with Gasteiger partial charge in [-0.3, -0.25) is 0 Å². The number of hydrogen-bond donors (Lipinski definition) is 0. The summed E-state index contributed by atoms with van der Waals surface area (Å²) < 4.78 is 9.11. The molecule has 12 aromatic rings. The van der Waals surface area contributed by atoms with E-state index in [9.17, 15) is 0 Å². The second-order valence-corrected chi connectivity index (χ2v) is 15.6. The fraction of sp³-hybridized carbons (Fsp3) is 0. The average molecular weight is 795 g/mol. The average Bonchev–Trinajstić information content (AvgIpc) is 3.94. The van der Waals surface area contributed by atoms with Crippen molar-refractivity contribution in [3.8, 4) is 17.1 Å². The molecule has 12 rings (SSSR count). The molecule has 0 amide bonds. The third-order valence-corrected chi connectivity index (χ3v) is 11.9. The minimum absolute atomic E-state index is 0.613. The zero-order chi connectivity index (χ0) is 41.0. The summed E-state index contributed by atoms with van der Waals surface area (Å²) >= 11 is 0. The molecule has 0 fully saturated rings. The first-order chi connectivity index (χ1) is 30.8. The van der Waals surface area contributed by atoms with E-state index < -0.39 is 0 Å². The third kappa shape index (κ3) is 5.90. The zero-order valence-corrected chi connectivity index (χ0v) is 33.6. The third-order valence-electron chi connectivity index (χ3n) is 11.9. The molecule has 0 aliphatic carbocycles. The van der Waals surface area contributed by atoms with Gasteiger partial charge in [0.2, 0.25) is 5.89 Å². The second-order valence-electron chi connectivity index (χ2n) is 15.6. The Morgan fingerprint density at radius 3 is 1.73 bits per heavy atom. The number of benzene rings is 10. The Labute approximate surface area is 358 Å². The van der Waals surface area contributed by atoms with Gasteiger partial charge in [0, 0.05) is 55.8 Å². The van der Waals surface area contributed by atoms with Crippen molar-refractivity contribution in [1.29, 1.82) is 0 Å². The molecule has 0 spiro atoms. The van der Waals surface area contributed by atoms with Gasteiger partial charge in [0.05, 0.1) is 16.7 Å². The minimum Gasteiger partial charge on any atom is -0.435 e. The number of para-hydroxylation sites is 5. The van der Waals surface area contributed by atoms with Crippen LogP contribution in [0.4, 0.5) is 34.1 Å². The Morgan fingerprint density at radius 2 is 0.968 bits per heavy atom. The molecule has 5 heteroatoms. The summed E-state index contributed by atoms with van der Waals surface area (Å²) in [5, 5.41) is 6.74. The predicted molar refractivity (Wildman–Crippen MR) is 258 cm³/mol. The summed E-state index contributed by atoms with van der Waals surface area (Å²) in [5.74, 6) is 0.613. The Kier molecular flexibility index (Phi) is 8.42. The molecular weight excluding hydrogens is 757 g/mol. The molecule has 10 aromatic carbocycles. The smallest absolute Gasteiger partial charge is 0.227 e. The van der Waals surface area contributed by atoms with Crippen LogP contribution in [0.1, 0.15) is 0 Å². The van der Waals surface area contributed by atoms with Crippen molar-refractivity contribution in [1.82, 2.24) is 9.55 Å². The van der Waals surface area contributed by atoms with Crippen molar-refractivity contribution >= 4 is 88.6 Å². The standard InChI is InChI=1S/C57H38N4O/c1-5-17-41(18-6-1)57-58-51-36-34-40-32-31-39-33-35-47(38-50(39)54(40)56(51)62-57)60(46-26-15-25-45(37-46)59(42-19-7-2-8-20-42)43-21-9-3-10-22-43)53-30-16-28-49-48-27-13-14-29-52(48)61(55(49)53)44-23-11-4-12-24-44/h1-38H. The lowest BCUT2D eigenvalue weighted by Crippen LogP contribution is -2.14. The Balaban J connectivity index is 1.15. The second kappa shape index (κ2) is 14.7. The van der Waals surface area contributed by atoms with Crippen LogP contribution in [-0.2, 0) is 0 Å². The highest BCUT2D eigenvalue weighted by molar-refractivity contribution is 6.19. The van der Waals surface area contributed by atoms with Crippen LogP contribution in [0, 0.1) is 0 Å². The number of oxazole rings is 1. The van der Waals surface area contributed by atoms with E-state index in [1.807, 2.05) is 30.3 Å². The van der Waals surface area contributed by atoms with Gasteiger partial charge in [0.1, 0.15) is 5.52 Å². The van der Waals surface area contributed by atoms with Gasteiger partial charge in [-0.15, -0.1) is 0 Å². The van der Waals surface area contributed by atoms with E-state index in [1.54, 1.807) is 0 Å². The maximum Gasteiger partial charge on any atom is 0.227 e. The van der Waals surface area contributed by atoms with Crippen molar-refractivity contribution in [3.63, 3.8) is 0 Å². The first-order valence-electron chi connectivity index (χ1n) is 21.0. The van der Waals surface area contributed by atoms with Crippen LogP contribution in [0.5, 0.6) is 0 Å². The lowest BCUT2D eigenvalue weighted by molar-refractivity contribution is 0.623. The van der Waals surface area contributed by atoms with Crippen LogP contribution in [-0.4, -0.2) is 9.55 Å². The Hall–Kier alpha value is -8.41. The van der Waals surface area contributed by atoms with Crippen molar-refractivity contribution in [2.24, 2.45) is 0 Å². The molecule has 0 aliphatic rings. The molecule has 2 heterocycles. The topological polar surface area (TPSA) is 37.4 Å². The molecule has 0 aliphatic heterocycles. The van der Waals surface area contributed by atoms with Crippen LogP contribution in [0.25, 0.3) is 71.6 Å². The molecule has 5 nitrogen and oxygen atoms in total. The summed E-state index contributed by atoms with van der Waals surface area (Å²) in [5.41, 5.74) is 12.2. The van der Waals surface area contributed by atoms with E-state index in [1.165, 1.54) is 10.8 Å². The Morgan fingerprint density at radius 1 is 0.403 bits per heavy atom. The van der Waals surface area contributed by atoms with Crippen molar-refractivity contribution in [2.75, 3.05) is 9.80 Å². The maximum atomic E-state index is 6.69. The highest BCUT2D eigenvalue weighted by atomic mass is 16.3. The Bertz CT molecular complexity index is 3540. The van der Waals surface area contributed by atoms with Gasteiger partial charge >= 0.3 is 0 Å². The van der Waals surface area contributed by atoms with E-state index in [-0.39, 0.29) is 0 Å². The summed E-state index contributed by atoms with van der Waals surface area (Å²) in [6.45, 7) is 0. The predicted octanol–water partition coefficient (Wildman–Crippen LogP) is 15.8. The molecule has 2 aromatic heterocycles. The van der Waals surface area contributed by atoms with Crippen molar-refractivity contribution < 1.29 is 4.42 Å². The van der Waals surface area contributed by atoms with E-state index in [4.69, 9.17) is 9.40 Å². The molecule has 0 unspecified atom stereocenters. The van der Waals surface area contributed by atoms with Gasteiger partial charge in [0.25, 0.3) is 0 Å². The minimum atomic E-state index is 0.613. The fourth-order valence-corrected chi connectivity index (χ4v) is 9.18. The van der Waals surface area contributed by atoms with Crippen molar-refractivity contribution in [2.45, 2.75) is 0 Å². The quantitative estimate of drug-likeness (QED) is 0.144. The number of anilines is 6. The molecule has 0 saturated heterocycles. The van der Waals surface area contributed by atoms with Gasteiger partial charge < -0.3 is 18.8 Å². The largest absolute Gasteiger partial charge is 0.435 e. The lowest BCUT2D eigenvalue weighted by Gasteiger charge is -2.30. The van der Waals surface area contributed by atoms with Gasteiger partial charge in [-0.25, -0.2) is 4.98 Å². The molecule has 0 N–H and O–H groups in total. The molecule has 0 atom stereocenters. The monoisotopic (exact) mass is 794 g/mol. The fourth-order valence-electron chi connectivity index (χ4n) is 9.18. The molecule has 62 heavy (non-hydrogen) atoms. The first-order valence-corrected chi connectivity index (χ1v) is 21.0. The zero-order valence-electron chi connectivity index (χ0n) is 33.6. The summed E-state index contributed by atoms with van der Waals surface area (Å²) in [4.78, 5) is 9.72. The van der Waals surface area contributed by atoms with Gasteiger partial charge in [-0.1, -0.05) is 133 Å². The number of rotatable bonds is 8. The van der Waals surface area contributed by atoms with Crippen LogP contribution < -0.4 is 9.80 Å². The molecule has 0 saturated carbocycles. The SMILES string of the molecule is c1ccc(-c2nc3ccc4ccc5ccc(N(c6cccc(N(c7ccccc7)c7ccccc7)c6)c6cccc7c8ccccc8n(-c8ccccc8)c67)cc5c4c3o2)cc1. The molecule has 292 valence electrons. The van der Waals surface area contributed by atoms with Gasteiger partial charge in [-0.05, 0) is 113 Å². The number of hydrogen-bond acceptors (Lipinski definition) is 4. The summed E-state index contributed by atoms with van der Waals surface area (Å²) in [7, 11) is 0. The molecule has 0 radical (unpaired) electrons. The number of nitrogens with zero attached hydrogens (tertiary/aromatic N) is 4. The van der Waals surface area contributed by atoms with Crippen molar-refractivity contribution in [3.05, 3.63) is 231 Å². The lowest BCUT2D eigenvalue weighted by atomic mass is 10.00. The summed E-state index contributed by atoms with van der Waals surface area (Å²) in [6.07, 6.45) is 0. The summed E-state index contributed by atoms with van der Waals surface area (Å²) in [6, 6.07) is 81.7. The van der Waals surface area contributed by atoms with Crippen LogP contribution in [0.15, 0.2) is 235 Å². The van der Waals surface area contributed by atoms with Crippen LogP contribution >= 0.6 is 0 Å². The highest BCUT2D eigenvalue weighted by Gasteiger charge is 2.24. The van der Waals surface area contributed by atoms with E-state index in [0.717, 1.165) is 89.1 Å². The van der Waals surface area contributed by atoms with E-state index >= 15 is 0 Å². The number of fused-ring (bicyclic) bond motifs is 8. The number of aromatic nitrogens is 2. The first kappa shape index (κ1) is 35.5. The maximum absolute atomic E-state index is 6.69. The normalized spacial score (nSPS) is 11.5. The molecular formula is C57H38N4O. The molecule has 0 bridgehead atoms. The van der Waals surface area contributed by atoms with Gasteiger partial charge in [0.15, 0.2) is 5.58 Å². The van der Waals surface area contributed by atoms with Gasteiger partial charge in [-0.2, -0.15) is 0 Å². The van der Waals surface area contributed by atoms with Crippen LogP contribution in [0.3, 0.4) is 0 Å². The van der Waals surface area contributed by atoms with E-state index in [2.05, 4.69) is 215 Å².